The number of ether oxygens (including phenoxy) is 1. The Morgan fingerprint density at radius 3 is 2.85 bits per heavy atom. The third-order valence-corrected chi connectivity index (χ3v) is 2.98. The van der Waals surface area contributed by atoms with Crippen LogP contribution in [-0.4, -0.2) is 27.6 Å². The first-order valence-corrected chi connectivity index (χ1v) is 5.98. The zero-order chi connectivity index (χ0) is 14.1. The topological polar surface area (TPSA) is 83.0 Å². The number of nitrogen functional groups attached to an aromatic ring is 1. The maximum absolute atomic E-state index is 11.6. The van der Waals surface area contributed by atoms with Gasteiger partial charge in [-0.25, -0.2) is 14.8 Å². The minimum Gasteiger partial charge on any atom is -0.464 e. The molecular formula is C14H12N4O2. The smallest absolute Gasteiger partial charge is 0.356 e. The van der Waals surface area contributed by atoms with Crippen LogP contribution in [0.3, 0.4) is 0 Å². The fourth-order valence-electron chi connectivity index (χ4n) is 2.00. The van der Waals surface area contributed by atoms with Crippen LogP contribution >= 0.6 is 0 Å². The van der Waals surface area contributed by atoms with E-state index >= 15 is 0 Å². The summed E-state index contributed by atoms with van der Waals surface area (Å²) in [5.41, 5.74) is 8.31. The first kappa shape index (κ1) is 12.2. The summed E-state index contributed by atoms with van der Waals surface area (Å²) >= 11 is 0. The number of nitrogens with zero attached hydrogens (tertiary/aromatic N) is 3. The maximum Gasteiger partial charge on any atom is 0.356 e. The number of fused-ring (bicyclic) bond motifs is 1. The van der Waals surface area contributed by atoms with Crippen molar-refractivity contribution in [2.75, 3.05) is 12.8 Å². The lowest BCUT2D eigenvalue weighted by Gasteiger charge is -2.08. The van der Waals surface area contributed by atoms with E-state index in [2.05, 4.69) is 14.7 Å². The molecule has 2 N–H and O–H groups in total. The summed E-state index contributed by atoms with van der Waals surface area (Å²) < 4.78 is 6.42. The van der Waals surface area contributed by atoms with E-state index in [-0.39, 0.29) is 5.69 Å². The number of methoxy groups -OCH3 is 1. The molecule has 0 aliphatic heterocycles. The van der Waals surface area contributed by atoms with Crippen LogP contribution in [-0.2, 0) is 4.74 Å². The Bertz CT molecular complexity index is 795. The van der Waals surface area contributed by atoms with Crippen LogP contribution in [0.2, 0.25) is 0 Å². The Morgan fingerprint density at radius 2 is 2.05 bits per heavy atom. The number of pyridine rings is 1. The fraction of sp³-hybridized carbons (Fsp3) is 0.0714. The highest BCUT2D eigenvalue weighted by atomic mass is 16.5. The summed E-state index contributed by atoms with van der Waals surface area (Å²) in [6.45, 7) is 0. The molecule has 6 heteroatoms. The summed E-state index contributed by atoms with van der Waals surface area (Å²) in [6.07, 6.45) is 1.63. The molecule has 6 nitrogen and oxygen atoms in total. The molecule has 0 atom stereocenters. The molecule has 0 aliphatic carbocycles. The van der Waals surface area contributed by atoms with Crippen LogP contribution in [0.4, 0.5) is 5.69 Å². The summed E-state index contributed by atoms with van der Waals surface area (Å²) in [4.78, 5) is 20.1. The van der Waals surface area contributed by atoms with Gasteiger partial charge in [-0.2, -0.15) is 0 Å². The number of hydrogen-bond acceptors (Lipinski definition) is 5. The fourth-order valence-corrected chi connectivity index (χ4v) is 2.00. The molecule has 1 aromatic carbocycles. The molecule has 0 spiro atoms. The van der Waals surface area contributed by atoms with Gasteiger partial charge in [0, 0.05) is 0 Å². The van der Waals surface area contributed by atoms with Gasteiger partial charge in [-0.3, -0.25) is 4.57 Å². The lowest BCUT2D eigenvalue weighted by atomic mass is 10.3. The highest BCUT2D eigenvalue weighted by Gasteiger charge is 2.13. The monoisotopic (exact) mass is 268 g/mol. The summed E-state index contributed by atoms with van der Waals surface area (Å²) in [7, 11) is 1.31. The van der Waals surface area contributed by atoms with E-state index < -0.39 is 5.97 Å². The highest BCUT2D eigenvalue weighted by Crippen LogP contribution is 2.21. The Hall–Kier alpha value is -2.89. The molecule has 0 unspecified atom stereocenters. The third-order valence-electron chi connectivity index (χ3n) is 2.98. The number of rotatable bonds is 2. The number of benzene rings is 1. The van der Waals surface area contributed by atoms with Crippen LogP contribution < -0.4 is 5.73 Å². The van der Waals surface area contributed by atoms with Crippen LogP contribution in [0.1, 0.15) is 10.5 Å². The lowest BCUT2D eigenvalue weighted by Crippen LogP contribution is -2.09. The van der Waals surface area contributed by atoms with Gasteiger partial charge >= 0.3 is 5.97 Å². The van der Waals surface area contributed by atoms with Crippen molar-refractivity contribution in [1.82, 2.24) is 14.5 Å². The Kier molecular flexibility index (Phi) is 2.83. The minimum atomic E-state index is -0.504. The van der Waals surface area contributed by atoms with Crippen molar-refractivity contribution in [3.8, 4) is 5.82 Å². The number of para-hydroxylation sites is 2. The van der Waals surface area contributed by atoms with Crippen molar-refractivity contribution in [2.45, 2.75) is 0 Å². The molecule has 0 fully saturated rings. The predicted octanol–water partition coefficient (Wildman–Crippen LogP) is 1.79. The van der Waals surface area contributed by atoms with E-state index in [0.29, 0.717) is 11.5 Å². The summed E-state index contributed by atoms with van der Waals surface area (Å²) in [5.74, 6) is -0.0442. The zero-order valence-electron chi connectivity index (χ0n) is 10.8. The number of anilines is 1. The van der Waals surface area contributed by atoms with Gasteiger partial charge in [-0.1, -0.05) is 12.1 Å². The molecule has 2 aromatic heterocycles. The number of imidazole rings is 1. The van der Waals surface area contributed by atoms with Gasteiger partial charge in [-0.15, -0.1) is 0 Å². The standard InChI is InChI=1S/C14H12N4O2/c1-20-14(19)11-7-6-9(15)13(17-11)18-8-16-10-4-2-3-5-12(10)18/h2-8H,15H2,1H3. The summed E-state index contributed by atoms with van der Waals surface area (Å²) in [5, 5.41) is 0. The van der Waals surface area contributed by atoms with E-state index in [1.54, 1.807) is 17.0 Å². The number of aromatic nitrogens is 3. The second-order valence-electron chi connectivity index (χ2n) is 4.20. The molecule has 0 radical (unpaired) electrons. The second-order valence-corrected chi connectivity index (χ2v) is 4.20. The minimum absolute atomic E-state index is 0.203. The van der Waals surface area contributed by atoms with Gasteiger partial charge in [-0.05, 0) is 24.3 Å². The van der Waals surface area contributed by atoms with E-state index in [1.165, 1.54) is 13.2 Å². The maximum atomic E-state index is 11.6. The van der Waals surface area contributed by atoms with Gasteiger partial charge in [0.15, 0.2) is 11.5 Å². The average molecular weight is 268 g/mol. The van der Waals surface area contributed by atoms with E-state index in [9.17, 15) is 4.79 Å². The van der Waals surface area contributed by atoms with Crippen LogP contribution in [0.25, 0.3) is 16.9 Å². The van der Waals surface area contributed by atoms with E-state index in [1.807, 2.05) is 24.3 Å². The third kappa shape index (κ3) is 1.87. The molecule has 3 rings (SSSR count). The zero-order valence-corrected chi connectivity index (χ0v) is 10.8. The molecule has 2 heterocycles. The van der Waals surface area contributed by atoms with Gasteiger partial charge in [0.1, 0.15) is 6.33 Å². The Balaban J connectivity index is 2.21. The lowest BCUT2D eigenvalue weighted by molar-refractivity contribution is 0.0594. The molecule has 0 amide bonds. The summed E-state index contributed by atoms with van der Waals surface area (Å²) in [6, 6.07) is 10.8. The highest BCUT2D eigenvalue weighted by molar-refractivity contribution is 5.88. The SMILES string of the molecule is COC(=O)c1ccc(N)c(-n2cnc3ccccc32)n1. The van der Waals surface area contributed by atoms with E-state index in [4.69, 9.17) is 5.73 Å². The number of hydrogen-bond donors (Lipinski definition) is 1. The van der Waals surface area contributed by atoms with Gasteiger partial charge in [0.05, 0.1) is 23.8 Å². The Morgan fingerprint density at radius 1 is 1.25 bits per heavy atom. The average Bonchev–Trinajstić information content (AvgIpc) is 2.91. The molecule has 0 saturated carbocycles. The number of nitrogens with two attached hydrogens (primary N) is 1. The van der Waals surface area contributed by atoms with Gasteiger partial charge < -0.3 is 10.5 Å². The normalized spacial score (nSPS) is 10.7. The molecular weight excluding hydrogens is 256 g/mol. The first-order chi connectivity index (χ1) is 9.70. The number of carbonyl (C=O) groups is 1. The number of esters is 1. The van der Waals surface area contributed by atoms with Crippen LogP contribution in [0.5, 0.6) is 0 Å². The van der Waals surface area contributed by atoms with Gasteiger partial charge in [0.2, 0.25) is 0 Å². The van der Waals surface area contributed by atoms with Crippen LogP contribution in [0.15, 0.2) is 42.7 Å². The van der Waals surface area contributed by atoms with E-state index in [0.717, 1.165) is 11.0 Å². The van der Waals surface area contributed by atoms with Crippen molar-refractivity contribution in [2.24, 2.45) is 0 Å². The molecule has 20 heavy (non-hydrogen) atoms. The molecule has 0 saturated heterocycles. The molecule has 100 valence electrons. The van der Waals surface area contributed by atoms with Crippen molar-refractivity contribution < 1.29 is 9.53 Å². The quantitative estimate of drug-likeness (QED) is 0.716. The van der Waals surface area contributed by atoms with Crippen molar-refractivity contribution in [1.29, 1.82) is 0 Å². The van der Waals surface area contributed by atoms with Crippen molar-refractivity contribution in [3.63, 3.8) is 0 Å². The first-order valence-electron chi connectivity index (χ1n) is 5.98. The predicted molar refractivity (Wildman–Crippen MR) is 74.6 cm³/mol. The van der Waals surface area contributed by atoms with Crippen LogP contribution in [0, 0.1) is 0 Å². The second kappa shape index (κ2) is 4.65. The molecule has 0 aliphatic rings. The van der Waals surface area contributed by atoms with Gasteiger partial charge in [0.25, 0.3) is 0 Å². The number of carbonyl (C=O) groups excluding carboxylic acids is 1. The largest absolute Gasteiger partial charge is 0.464 e. The van der Waals surface area contributed by atoms with Crippen molar-refractivity contribution >= 4 is 22.7 Å². The Labute approximate surface area is 114 Å². The van der Waals surface area contributed by atoms with Crippen molar-refractivity contribution in [3.05, 3.63) is 48.4 Å². The molecule has 0 bridgehead atoms. The molecule has 3 aromatic rings.